The number of carbonyl (C=O) groups excluding carboxylic acids is 2. The summed E-state index contributed by atoms with van der Waals surface area (Å²) in [6.07, 6.45) is 3.43. The zero-order valence-electron chi connectivity index (χ0n) is 12.5. The maximum absolute atomic E-state index is 11.9. The second-order valence-corrected chi connectivity index (χ2v) is 5.80. The fraction of sp³-hybridized carbons (Fsp3) is 0.500. The molecule has 0 heterocycles. The summed E-state index contributed by atoms with van der Waals surface area (Å²) in [6, 6.07) is 6.86. The van der Waals surface area contributed by atoms with E-state index >= 15 is 0 Å². The van der Waals surface area contributed by atoms with Crippen LogP contribution in [0.2, 0.25) is 5.02 Å². The van der Waals surface area contributed by atoms with Crippen LogP contribution in [0.4, 0.5) is 0 Å². The first-order chi connectivity index (χ1) is 10.5. The number of carbonyl (C=O) groups is 2. The maximum Gasteiger partial charge on any atom is 0.344 e. The minimum atomic E-state index is -0.818. The van der Waals surface area contributed by atoms with E-state index in [1.807, 2.05) is 0 Å². The molecule has 120 valence electrons. The Morgan fingerprint density at radius 1 is 1.27 bits per heavy atom. The van der Waals surface area contributed by atoms with Crippen molar-refractivity contribution in [3.05, 3.63) is 29.3 Å². The number of rotatable bonds is 6. The molecular formula is C16H20ClNO4. The van der Waals surface area contributed by atoms with Crippen molar-refractivity contribution < 1.29 is 19.1 Å². The number of ether oxygens (including phenoxy) is 2. The van der Waals surface area contributed by atoms with Crippen molar-refractivity contribution in [1.29, 1.82) is 0 Å². The Morgan fingerprint density at radius 2 is 1.91 bits per heavy atom. The Balaban J connectivity index is 1.71. The number of esters is 1. The zero-order valence-corrected chi connectivity index (χ0v) is 13.3. The fourth-order valence-electron chi connectivity index (χ4n) is 2.35. The third-order valence-corrected chi connectivity index (χ3v) is 3.80. The molecule has 22 heavy (non-hydrogen) atoms. The molecule has 1 aliphatic carbocycles. The molecule has 1 N–H and O–H groups in total. The highest BCUT2D eigenvalue weighted by atomic mass is 35.5. The molecule has 0 bridgehead atoms. The number of hydrogen-bond donors (Lipinski definition) is 1. The molecule has 1 aromatic rings. The minimum Gasteiger partial charge on any atom is -0.482 e. The molecule has 0 radical (unpaired) electrons. The summed E-state index contributed by atoms with van der Waals surface area (Å²) in [5.41, 5.74) is 0. The van der Waals surface area contributed by atoms with Crippen molar-refractivity contribution in [2.45, 2.75) is 44.8 Å². The molecule has 1 saturated carbocycles. The van der Waals surface area contributed by atoms with Crippen LogP contribution in [0.5, 0.6) is 5.75 Å². The predicted octanol–water partition coefficient (Wildman–Crippen LogP) is 2.71. The van der Waals surface area contributed by atoms with Gasteiger partial charge in [-0.3, -0.25) is 4.79 Å². The molecule has 0 aliphatic heterocycles. The van der Waals surface area contributed by atoms with Gasteiger partial charge in [0.1, 0.15) is 5.75 Å². The zero-order chi connectivity index (χ0) is 15.9. The summed E-state index contributed by atoms with van der Waals surface area (Å²) < 4.78 is 10.3. The third-order valence-electron chi connectivity index (χ3n) is 3.55. The minimum absolute atomic E-state index is 0.207. The molecule has 1 atom stereocenters. The standard InChI is InChI=1S/C16H20ClNO4/c1-11(16(20)18-13-4-2-3-5-13)22-15(19)10-21-14-8-6-12(17)7-9-14/h6-9,11,13H,2-5,10H2,1H3,(H,18,20)/t11-/m1/s1. The predicted molar refractivity (Wildman–Crippen MR) is 82.9 cm³/mol. The van der Waals surface area contributed by atoms with Crippen LogP contribution >= 0.6 is 11.6 Å². The summed E-state index contributed by atoms with van der Waals surface area (Å²) in [6.45, 7) is 1.31. The highest BCUT2D eigenvalue weighted by molar-refractivity contribution is 6.30. The Bertz CT molecular complexity index is 511. The van der Waals surface area contributed by atoms with Gasteiger partial charge in [0.15, 0.2) is 12.7 Å². The largest absolute Gasteiger partial charge is 0.482 e. The van der Waals surface area contributed by atoms with E-state index in [-0.39, 0.29) is 18.6 Å². The van der Waals surface area contributed by atoms with Crippen LogP contribution < -0.4 is 10.1 Å². The van der Waals surface area contributed by atoms with E-state index in [2.05, 4.69) is 5.32 Å². The average Bonchev–Trinajstić information content (AvgIpc) is 2.99. The van der Waals surface area contributed by atoms with Gasteiger partial charge in [-0.1, -0.05) is 24.4 Å². The molecule has 1 aliphatic rings. The molecule has 1 amide bonds. The number of amides is 1. The Morgan fingerprint density at radius 3 is 2.55 bits per heavy atom. The van der Waals surface area contributed by atoms with Gasteiger partial charge in [0.2, 0.25) is 0 Å². The van der Waals surface area contributed by atoms with Crippen molar-refractivity contribution in [2.75, 3.05) is 6.61 Å². The summed E-state index contributed by atoms with van der Waals surface area (Å²) in [7, 11) is 0. The van der Waals surface area contributed by atoms with Crippen molar-refractivity contribution in [2.24, 2.45) is 0 Å². The Hall–Kier alpha value is -1.75. The summed E-state index contributed by atoms with van der Waals surface area (Å²) in [4.78, 5) is 23.6. The molecule has 5 nitrogen and oxygen atoms in total. The molecule has 2 rings (SSSR count). The topological polar surface area (TPSA) is 64.6 Å². The van der Waals surface area contributed by atoms with Crippen LogP contribution in [0.3, 0.4) is 0 Å². The van der Waals surface area contributed by atoms with Crippen molar-refractivity contribution in [1.82, 2.24) is 5.32 Å². The second kappa shape index (κ2) is 8.03. The van der Waals surface area contributed by atoms with Crippen LogP contribution in [0.15, 0.2) is 24.3 Å². The van der Waals surface area contributed by atoms with Crippen LogP contribution in [-0.4, -0.2) is 30.6 Å². The van der Waals surface area contributed by atoms with Gasteiger partial charge in [0, 0.05) is 11.1 Å². The summed E-state index contributed by atoms with van der Waals surface area (Å²) >= 11 is 5.76. The quantitative estimate of drug-likeness (QED) is 0.817. The lowest BCUT2D eigenvalue weighted by Crippen LogP contribution is -2.41. The van der Waals surface area contributed by atoms with Gasteiger partial charge >= 0.3 is 5.97 Å². The van der Waals surface area contributed by atoms with E-state index < -0.39 is 12.1 Å². The molecule has 6 heteroatoms. The third kappa shape index (κ3) is 5.22. The van der Waals surface area contributed by atoms with Crippen molar-refractivity contribution in [3.8, 4) is 5.75 Å². The Labute approximate surface area is 134 Å². The average molecular weight is 326 g/mol. The molecule has 0 spiro atoms. The first-order valence-corrected chi connectivity index (χ1v) is 7.80. The number of halogens is 1. The summed E-state index contributed by atoms with van der Waals surface area (Å²) in [5.74, 6) is -0.319. The SMILES string of the molecule is C[C@@H](OC(=O)COc1ccc(Cl)cc1)C(=O)NC1CCCC1. The van der Waals surface area contributed by atoms with E-state index in [1.165, 1.54) is 0 Å². The molecule has 0 aromatic heterocycles. The first kappa shape index (κ1) is 16.6. The van der Waals surface area contributed by atoms with E-state index in [0.29, 0.717) is 10.8 Å². The van der Waals surface area contributed by atoms with E-state index in [4.69, 9.17) is 21.1 Å². The van der Waals surface area contributed by atoms with Crippen LogP contribution in [0.1, 0.15) is 32.6 Å². The number of benzene rings is 1. The maximum atomic E-state index is 11.9. The molecule has 0 saturated heterocycles. The smallest absolute Gasteiger partial charge is 0.344 e. The highest BCUT2D eigenvalue weighted by Gasteiger charge is 2.23. The van der Waals surface area contributed by atoms with Crippen LogP contribution in [-0.2, 0) is 14.3 Å². The van der Waals surface area contributed by atoms with Crippen LogP contribution in [0.25, 0.3) is 0 Å². The van der Waals surface area contributed by atoms with Gasteiger partial charge in [-0.05, 0) is 44.0 Å². The monoisotopic (exact) mass is 325 g/mol. The number of hydrogen-bond acceptors (Lipinski definition) is 4. The van der Waals surface area contributed by atoms with Crippen LogP contribution in [0, 0.1) is 0 Å². The van der Waals surface area contributed by atoms with Gasteiger partial charge in [-0.2, -0.15) is 0 Å². The van der Waals surface area contributed by atoms with Crippen molar-refractivity contribution in [3.63, 3.8) is 0 Å². The lowest BCUT2D eigenvalue weighted by Gasteiger charge is -2.17. The fourth-order valence-corrected chi connectivity index (χ4v) is 2.47. The first-order valence-electron chi connectivity index (χ1n) is 7.43. The lowest BCUT2D eigenvalue weighted by molar-refractivity contribution is -0.156. The van der Waals surface area contributed by atoms with Gasteiger partial charge in [-0.15, -0.1) is 0 Å². The van der Waals surface area contributed by atoms with Crippen molar-refractivity contribution >= 4 is 23.5 Å². The van der Waals surface area contributed by atoms with Gasteiger partial charge < -0.3 is 14.8 Å². The lowest BCUT2D eigenvalue weighted by atomic mass is 10.2. The highest BCUT2D eigenvalue weighted by Crippen LogP contribution is 2.18. The second-order valence-electron chi connectivity index (χ2n) is 5.36. The Kier molecular flexibility index (Phi) is 6.07. The van der Waals surface area contributed by atoms with E-state index in [9.17, 15) is 9.59 Å². The number of nitrogens with one attached hydrogen (secondary N) is 1. The van der Waals surface area contributed by atoms with E-state index in [1.54, 1.807) is 31.2 Å². The van der Waals surface area contributed by atoms with Gasteiger partial charge in [0.05, 0.1) is 0 Å². The molecule has 1 fully saturated rings. The molecular weight excluding hydrogens is 306 g/mol. The summed E-state index contributed by atoms with van der Waals surface area (Å²) in [5, 5.41) is 3.48. The van der Waals surface area contributed by atoms with Gasteiger partial charge in [-0.25, -0.2) is 4.79 Å². The molecule has 1 aromatic carbocycles. The molecule has 0 unspecified atom stereocenters. The van der Waals surface area contributed by atoms with E-state index in [0.717, 1.165) is 25.7 Å². The van der Waals surface area contributed by atoms with Gasteiger partial charge in [0.25, 0.3) is 5.91 Å². The normalized spacial score (nSPS) is 16.1.